The van der Waals surface area contributed by atoms with Gasteiger partial charge in [0.15, 0.2) is 0 Å². The van der Waals surface area contributed by atoms with Gasteiger partial charge < -0.3 is 20.1 Å². The van der Waals surface area contributed by atoms with E-state index in [1.54, 1.807) is 12.1 Å². The second kappa shape index (κ2) is 9.04. The van der Waals surface area contributed by atoms with Crippen LogP contribution >= 0.6 is 0 Å². The summed E-state index contributed by atoms with van der Waals surface area (Å²) >= 11 is 0. The van der Waals surface area contributed by atoms with Gasteiger partial charge in [-0.3, -0.25) is 4.79 Å². The summed E-state index contributed by atoms with van der Waals surface area (Å²) in [5.41, 5.74) is 1.57. The Morgan fingerprint density at radius 2 is 2.12 bits per heavy atom. The number of benzene rings is 1. The van der Waals surface area contributed by atoms with Crippen molar-refractivity contribution in [2.45, 2.75) is 39.7 Å². The second-order valence-electron chi connectivity index (χ2n) is 6.76. The van der Waals surface area contributed by atoms with Gasteiger partial charge in [0.25, 0.3) is 5.91 Å². The van der Waals surface area contributed by atoms with Gasteiger partial charge in [-0.1, -0.05) is 13.0 Å². The van der Waals surface area contributed by atoms with Gasteiger partial charge in [-0.15, -0.1) is 0 Å². The number of hydrogen-bond donors (Lipinski definition) is 2. The summed E-state index contributed by atoms with van der Waals surface area (Å²) in [5, 5.41) is 13.0. The van der Waals surface area contributed by atoms with E-state index in [1.165, 1.54) is 12.8 Å². The SMILES string of the molecule is CCOc1cc(C(=O)NCC(O)CN2CCC(C)CC2)ccc1C. The zero-order valence-corrected chi connectivity index (χ0v) is 15.0. The Kier molecular flexibility index (Phi) is 7.06. The summed E-state index contributed by atoms with van der Waals surface area (Å²) in [6.07, 6.45) is 1.82. The molecule has 134 valence electrons. The van der Waals surface area contributed by atoms with Gasteiger partial charge in [-0.05, 0) is 63.4 Å². The van der Waals surface area contributed by atoms with Crippen molar-refractivity contribution < 1.29 is 14.6 Å². The molecule has 0 radical (unpaired) electrons. The number of carbonyl (C=O) groups excluding carboxylic acids is 1. The fourth-order valence-corrected chi connectivity index (χ4v) is 2.97. The van der Waals surface area contributed by atoms with Crippen LogP contribution in [-0.2, 0) is 0 Å². The van der Waals surface area contributed by atoms with Gasteiger partial charge in [-0.25, -0.2) is 0 Å². The van der Waals surface area contributed by atoms with Crippen LogP contribution in [0.15, 0.2) is 18.2 Å². The van der Waals surface area contributed by atoms with E-state index in [0.29, 0.717) is 18.7 Å². The molecule has 1 aliphatic rings. The summed E-state index contributed by atoms with van der Waals surface area (Å²) < 4.78 is 5.53. The monoisotopic (exact) mass is 334 g/mol. The Morgan fingerprint density at radius 3 is 2.79 bits per heavy atom. The minimum absolute atomic E-state index is 0.178. The van der Waals surface area contributed by atoms with Crippen LogP contribution in [0.3, 0.4) is 0 Å². The van der Waals surface area contributed by atoms with Crippen LogP contribution in [-0.4, -0.2) is 54.8 Å². The Labute approximate surface area is 145 Å². The number of hydrogen-bond acceptors (Lipinski definition) is 4. The molecule has 2 N–H and O–H groups in total. The van der Waals surface area contributed by atoms with E-state index in [-0.39, 0.29) is 12.5 Å². The quantitative estimate of drug-likeness (QED) is 0.803. The first kappa shape index (κ1) is 18.7. The predicted molar refractivity (Wildman–Crippen MR) is 95.5 cm³/mol. The lowest BCUT2D eigenvalue weighted by molar-refractivity contribution is 0.0795. The zero-order valence-electron chi connectivity index (χ0n) is 15.0. The number of ether oxygens (including phenoxy) is 1. The molecule has 0 aromatic heterocycles. The van der Waals surface area contributed by atoms with Gasteiger partial charge in [-0.2, -0.15) is 0 Å². The number of rotatable bonds is 7. The molecule has 1 amide bonds. The Hall–Kier alpha value is -1.59. The van der Waals surface area contributed by atoms with Gasteiger partial charge >= 0.3 is 0 Å². The molecule has 5 nitrogen and oxygen atoms in total. The molecular weight excluding hydrogens is 304 g/mol. The maximum atomic E-state index is 12.3. The molecule has 1 saturated heterocycles. The number of likely N-dealkylation sites (tertiary alicyclic amines) is 1. The molecule has 1 aromatic carbocycles. The number of aliphatic hydroxyl groups is 1. The maximum Gasteiger partial charge on any atom is 0.251 e. The highest BCUT2D eigenvalue weighted by Crippen LogP contribution is 2.19. The number of nitrogens with one attached hydrogen (secondary N) is 1. The number of carbonyl (C=O) groups is 1. The molecule has 0 saturated carbocycles. The molecule has 1 unspecified atom stereocenters. The van der Waals surface area contributed by atoms with E-state index < -0.39 is 6.10 Å². The van der Waals surface area contributed by atoms with Crippen molar-refractivity contribution in [1.29, 1.82) is 0 Å². The van der Waals surface area contributed by atoms with Crippen LogP contribution in [0.2, 0.25) is 0 Å². The summed E-state index contributed by atoms with van der Waals surface area (Å²) in [7, 11) is 0. The van der Waals surface area contributed by atoms with E-state index in [4.69, 9.17) is 4.74 Å². The summed E-state index contributed by atoms with van der Waals surface area (Å²) in [6.45, 7) is 9.66. The molecule has 1 aliphatic heterocycles. The molecule has 5 heteroatoms. The van der Waals surface area contributed by atoms with E-state index >= 15 is 0 Å². The lowest BCUT2D eigenvalue weighted by Gasteiger charge is -2.31. The molecule has 24 heavy (non-hydrogen) atoms. The third-order valence-corrected chi connectivity index (χ3v) is 4.59. The molecule has 1 fully saturated rings. The Bertz CT molecular complexity index is 539. The summed E-state index contributed by atoms with van der Waals surface area (Å²) in [4.78, 5) is 14.5. The minimum atomic E-state index is -0.542. The minimum Gasteiger partial charge on any atom is -0.494 e. The fraction of sp³-hybridized carbons (Fsp3) is 0.632. The summed E-state index contributed by atoms with van der Waals surface area (Å²) in [5.74, 6) is 1.33. The third kappa shape index (κ3) is 5.49. The highest BCUT2D eigenvalue weighted by Gasteiger charge is 2.19. The van der Waals surface area contributed by atoms with Gasteiger partial charge in [0.1, 0.15) is 5.75 Å². The third-order valence-electron chi connectivity index (χ3n) is 4.59. The smallest absolute Gasteiger partial charge is 0.251 e. The normalized spacial score (nSPS) is 17.5. The first-order valence-electron chi connectivity index (χ1n) is 8.91. The first-order chi connectivity index (χ1) is 11.5. The van der Waals surface area contributed by atoms with Crippen molar-refractivity contribution in [3.8, 4) is 5.75 Å². The van der Waals surface area contributed by atoms with Gasteiger partial charge in [0.05, 0.1) is 12.7 Å². The second-order valence-corrected chi connectivity index (χ2v) is 6.76. The molecule has 2 rings (SSSR count). The first-order valence-corrected chi connectivity index (χ1v) is 8.91. The van der Waals surface area contributed by atoms with Crippen molar-refractivity contribution in [1.82, 2.24) is 10.2 Å². The van der Waals surface area contributed by atoms with Crippen LogP contribution in [0.4, 0.5) is 0 Å². The Morgan fingerprint density at radius 1 is 1.42 bits per heavy atom. The van der Waals surface area contributed by atoms with Crippen molar-refractivity contribution in [2.75, 3.05) is 32.8 Å². The average Bonchev–Trinajstić information content (AvgIpc) is 2.57. The lowest BCUT2D eigenvalue weighted by Crippen LogP contribution is -2.43. The van der Waals surface area contributed by atoms with Crippen LogP contribution in [0.1, 0.15) is 42.6 Å². The van der Waals surface area contributed by atoms with Crippen LogP contribution < -0.4 is 10.1 Å². The number of aliphatic hydroxyl groups excluding tert-OH is 1. The predicted octanol–water partition coefficient (Wildman–Crippen LogP) is 2.22. The van der Waals surface area contributed by atoms with E-state index in [2.05, 4.69) is 17.1 Å². The molecule has 1 heterocycles. The number of piperidine rings is 1. The number of β-amino-alcohol motifs (C(OH)–C–C–N with tert-alkyl or cyclic N) is 1. The van der Waals surface area contributed by atoms with Crippen LogP contribution in [0.25, 0.3) is 0 Å². The number of aryl methyl sites for hydroxylation is 1. The molecule has 0 bridgehead atoms. The van der Waals surface area contributed by atoms with Crippen molar-refractivity contribution in [3.05, 3.63) is 29.3 Å². The molecule has 1 aromatic rings. The molecule has 0 aliphatic carbocycles. The van der Waals surface area contributed by atoms with E-state index in [9.17, 15) is 9.90 Å². The lowest BCUT2D eigenvalue weighted by atomic mass is 9.99. The summed E-state index contributed by atoms with van der Waals surface area (Å²) in [6, 6.07) is 5.42. The van der Waals surface area contributed by atoms with Crippen molar-refractivity contribution in [2.24, 2.45) is 5.92 Å². The van der Waals surface area contributed by atoms with Crippen LogP contribution in [0, 0.1) is 12.8 Å². The van der Waals surface area contributed by atoms with Crippen LogP contribution in [0.5, 0.6) is 5.75 Å². The molecule has 1 atom stereocenters. The number of amides is 1. The number of nitrogens with zero attached hydrogens (tertiary/aromatic N) is 1. The largest absolute Gasteiger partial charge is 0.494 e. The van der Waals surface area contributed by atoms with E-state index in [1.807, 2.05) is 19.9 Å². The van der Waals surface area contributed by atoms with Gasteiger partial charge in [0, 0.05) is 18.7 Å². The molecular formula is C19H30N2O3. The van der Waals surface area contributed by atoms with Gasteiger partial charge in [0.2, 0.25) is 0 Å². The highest BCUT2D eigenvalue weighted by atomic mass is 16.5. The highest BCUT2D eigenvalue weighted by molar-refractivity contribution is 5.94. The zero-order chi connectivity index (χ0) is 17.5. The topological polar surface area (TPSA) is 61.8 Å². The van der Waals surface area contributed by atoms with E-state index in [0.717, 1.165) is 30.3 Å². The maximum absolute atomic E-state index is 12.3. The fourth-order valence-electron chi connectivity index (χ4n) is 2.97. The standard InChI is InChI=1S/C19H30N2O3/c1-4-24-18-11-16(6-5-15(18)3)19(23)20-12-17(22)13-21-9-7-14(2)8-10-21/h5-6,11,14,17,22H,4,7-10,12-13H2,1-3H3,(H,20,23). The molecule has 0 spiro atoms. The average molecular weight is 334 g/mol. The Balaban J connectivity index is 1.80. The van der Waals surface area contributed by atoms with Crippen molar-refractivity contribution in [3.63, 3.8) is 0 Å². The van der Waals surface area contributed by atoms with Crippen molar-refractivity contribution >= 4 is 5.91 Å².